The lowest BCUT2D eigenvalue weighted by Gasteiger charge is -2.46. The maximum Gasteiger partial charge on any atom is 0.353 e. The lowest BCUT2D eigenvalue weighted by atomic mass is 9.79. The van der Waals surface area contributed by atoms with Gasteiger partial charge in [0.25, 0.3) is 0 Å². The second-order valence-electron chi connectivity index (χ2n) is 9.91. The second kappa shape index (κ2) is 10.9. The van der Waals surface area contributed by atoms with E-state index in [1.54, 1.807) is 33.1 Å². The van der Waals surface area contributed by atoms with Crippen LogP contribution in [0.1, 0.15) is 25.8 Å². The number of methoxy groups -OCH3 is 2. The van der Waals surface area contributed by atoms with E-state index in [1.165, 1.54) is 16.7 Å². The first-order valence-corrected chi connectivity index (χ1v) is 13.3. The van der Waals surface area contributed by atoms with Gasteiger partial charge in [-0.25, -0.2) is 4.79 Å². The van der Waals surface area contributed by atoms with Crippen molar-refractivity contribution in [3.63, 3.8) is 0 Å². The van der Waals surface area contributed by atoms with E-state index in [-0.39, 0.29) is 40.8 Å². The van der Waals surface area contributed by atoms with Gasteiger partial charge in [0.15, 0.2) is 11.5 Å². The van der Waals surface area contributed by atoms with Gasteiger partial charge in [-0.15, -0.1) is 11.8 Å². The summed E-state index contributed by atoms with van der Waals surface area (Å²) >= 11 is 1.44. The quantitative estimate of drug-likeness (QED) is 0.382. The zero-order valence-corrected chi connectivity index (χ0v) is 22.6. The molecule has 37 heavy (non-hydrogen) atoms. The number of thioether (sulfide) groups is 1. The third-order valence-corrected chi connectivity index (χ3v) is 9.06. The lowest BCUT2D eigenvalue weighted by Crippen LogP contribution is -2.63. The third kappa shape index (κ3) is 5.04. The predicted octanol–water partition coefficient (Wildman–Crippen LogP) is 1.32. The number of carbonyl (C=O) groups excluding carboxylic acids is 2. The van der Waals surface area contributed by atoms with E-state index in [4.69, 9.17) is 9.47 Å². The minimum Gasteiger partial charge on any atom is -0.493 e. The molecule has 3 aliphatic heterocycles. The van der Waals surface area contributed by atoms with E-state index in [2.05, 4.69) is 5.32 Å². The number of hydrogen-bond acceptors (Lipinski definition) is 8. The van der Waals surface area contributed by atoms with E-state index in [0.717, 1.165) is 5.56 Å². The van der Waals surface area contributed by atoms with Crippen molar-refractivity contribution < 1.29 is 34.1 Å². The molecule has 6 atom stereocenters. The Labute approximate surface area is 221 Å². The molecule has 1 aromatic carbocycles. The molecule has 11 heteroatoms. The van der Waals surface area contributed by atoms with Crippen LogP contribution in [-0.4, -0.2) is 95.6 Å². The van der Waals surface area contributed by atoms with Gasteiger partial charge in [-0.3, -0.25) is 9.59 Å². The molecule has 202 valence electrons. The molecule has 4 unspecified atom stereocenters. The summed E-state index contributed by atoms with van der Waals surface area (Å²) in [6, 6.07) is 5.01. The van der Waals surface area contributed by atoms with E-state index in [9.17, 15) is 24.6 Å². The van der Waals surface area contributed by atoms with Crippen LogP contribution in [-0.2, 0) is 20.8 Å². The number of carbonyl (C=O) groups is 3. The van der Waals surface area contributed by atoms with E-state index in [0.29, 0.717) is 42.3 Å². The average Bonchev–Trinajstić information content (AvgIpc) is 3.43. The van der Waals surface area contributed by atoms with Crippen molar-refractivity contribution in [3.05, 3.63) is 34.4 Å². The van der Waals surface area contributed by atoms with Gasteiger partial charge in [-0.2, -0.15) is 0 Å². The molecule has 4 rings (SSSR count). The van der Waals surface area contributed by atoms with E-state index < -0.39 is 18.0 Å². The van der Waals surface area contributed by atoms with Crippen molar-refractivity contribution in [2.24, 2.45) is 11.8 Å². The molecule has 3 aliphatic rings. The molecule has 3 N–H and O–H groups in total. The predicted molar refractivity (Wildman–Crippen MR) is 138 cm³/mol. The van der Waals surface area contributed by atoms with Crippen molar-refractivity contribution in [3.8, 4) is 11.5 Å². The summed E-state index contributed by atoms with van der Waals surface area (Å²) in [5.74, 6) is -0.957. The fourth-order valence-corrected chi connectivity index (χ4v) is 7.03. The lowest BCUT2D eigenvalue weighted by molar-refractivity contribution is -0.163. The molecular formula is C26H35N3O7S. The monoisotopic (exact) mass is 533 g/mol. The summed E-state index contributed by atoms with van der Waals surface area (Å²) in [5, 5.41) is 23.2. The highest BCUT2D eigenvalue weighted by molar-refractivity contribution is 8.03. The van der Waals surface area contributed by atoms with Crippen LogP contribution in [0.15, 0.2) is 28.8 Å². The van der Waals surface area contributed by atoms with Crippen molar-refractivity contribution in [1.29, 1.82) is 0 Å². The van der Waals surface area contributed by atoms with Gasteiger partial charge in [0.05, 0.1) is 38.3 Å². The highest BCUT2D eigenvalue weighted by atomic mass is 32.2. The molecule has 10 nitrogen and oxygen atoms in total. The maximum absolute atomic E-state index is 13.1. The first kappa shape index (κ1) is 27.3. The Morgan fingerprint density at radius 1 is 1.27 bits per heavy atom. The Balaban J connectivity index is 1.36. The van der Waals surface area contributed by atoms with Gasteiger partial charge >= 0.3 is 5.97 Å². The van der Waals surface area contributed by atoms with Gasteiger partial charge in [-0.05, 0) is 37.5 Å². The van der Waals surface area contributed by atoms with Gasteiger partial charge < -0.3 is 34.8 Å². The number of hydrogen-bond donors (Lipinski definition) is 3. The number of nitrogens with zero attached hydrogens (tertiary/aromatic N) is 2. The molecule has 0 bridgehead atoms. The van der Waals surface area contributed by atoms with Crippen LogP contribution in [0.3, 0.4) is 0 Å². The number of nitrogens with one attached hydrogen (secondary N) is 1. The van der Waals surface area contributed by atoms with Gasteiger partial charge in [-0.1, -0.05) is 13.0 Å². The molecule has 0 saturated carbocycles. The molecular weight excluding hydrogens is 498 g/mol. The fourth-order valence-electron chi connectivity index (χ4n) is 5.55. The van der Waals surface area contributed by atoms with Crippen LogP contribution < -0.4 is 14.8 Å². The topological polar surface area (TPSA) is 129 Å². The molecule has 2 fully saturated rings. The Morgan fingerprint density at radius 3 is 2.59 bits per heavy atom. The van der Waals surface area contributed by atoms with E-state index >= 15 is 0 Å². The van der Waals surface area contributed by atoms with Crippen LogP contribution in [0.25, 0.3) is 0 Å². The number of fused-ring (bicyclic) bond motifs is 1. The number of rotatable bonds is 10. The first-order valence-electron chi connectivity index (χ1n) is 12.4. The van der Waals surface area contributed by atoms with Crippen LogP contribution in [0.2, 0.25) is 0 Å². The molecule has 0 aromatic heterocycles. The highest BCUT2D eigenvalue weighted by Crippen LogP contribution is 2.51. The minimum atomic E-state index is -1.14. The van der Waals surface area contributed by atoms with Crippen molar-refractivity contribution in [2.45, 2.75) is 50.1 Å². The third-order valence-electron chi connectivity index (χ3n) is 7.55. The Kier molecular flexibility index (Phi) is 8.05. The van der Waals surface area contributed by atoms with Gasteiger partial charge in [0.2, 0.25) is 11.8 Å². The SMILES string of the molecule is COc1ccc(CCN(C)C(=O)C2CC(SC3=C(C(=O)O)N4C(=O)[C@H](C(C)O)C4[C@H]3C)CN2)cc1OC. The number of carboxylic acids is 1. The summed E-state index contributed by atoms with van der Waals surface area (Å²) in [5.41, 5.74) is 1.05. The largest absolute Gasteiger partial charge is 0.493 e. The number of aliphatic hydroxyl groups is 1. The molecule has 0 aliphatic carbocycles. The standard InChI is InChI=1S/C26H35N3O7S/c1-13-21-20(14(2)30)25(32)29(21)22(26(33)34)23(13)37-16-11-17(27-12-16)24(31)28(3)9-8-15-6-7-18(35-4)19(10-15)36-5/h6-7,10,13-14,16-17,20-21,27,30H,8-9,11-12H2,1-5H3,(H,33,34)/t13-,14?,16?,17?,20-,21?/m1/s1. The molecule has 0 spiro atoms. The second-order valence-corrected chi connectivity index (χ2v) is 11.2. The Bertz CT molecular complexity index is 1110. The minimum absolute atomic E-state index is 0.00111. The number of amides is 2. The molecule has 2 saturated heterocycles. The van der Waals surface area contributed by atoms with Crippen molar-refractivity contribution in [2.75, 3.05) is 34.4 Å². The smallest absolute Gasteiger partial charge is 0.353 e. The number of carboxylic acid groups (broad SMARTS) is 1. The van der Waals surface area contributed by atoms with Gasteiger partial charge in [0.1, 0.15) is 5.70 Å². The maximum atomic E-state index is 13.1. The number of likely N-dealkylation sites (N-methyl/N-ethyl adjacent to an activating group) is 1. The van der Waals surface area contributed by atoms with Gasteiger partial charge in [0, 0.05) is 36.2 Å². The van der Waals surface area contributed by atoms with Crippen molar-refractivity contribution >= 4 is 29.5 Å². The zero-order chi connectivity index (χ0) is 27.0. The number of aliphatic carboxylic acids is 1. The fraction of sp³-hybridized carbons (Fsp3) is 0.577. The summed E-state index contributed by atoms with van der Waals surface area (Å²) in [4.78, 5) is 41.4. The zero-order valence-electron chi connectivity index (χ0n) is 21.8. The Morgan fingerprint density at radius 2 is 1.97 bits per heavy atom. The first-order chi connectivity index (χ1) is 17.6. The summed E-state index contributed by atoms with van der Waals surface area (Å²) in [6.07, 6.45) is 0.390. The van der Waals surface area contributed by atoms with Crippen molar-refractivity contribution in [1.82, 2.24) is 15.1 Å². The highest BCUT2D eigenvalue weighted by Gasteiger charge is 2.60. The molecule has 0 radical (unpaired) electrons. The number of β-lactam (4-membered cyclic amide) rings is 1. The average molecular weight is 534 g/mol. The normalized spacial score (nSPS) is 27.6. The number of benzene rings is 1. The van der Waals surface area contributed by atoms with Crippen LogP contribution in [0, 0.1) is 11.8 Å². The number of aliphatic hydroxyl groups excluding tert-OH is 1. The summed E-state index contributed by atoms with van der Waals surface area (Å²) in [7, 11) is 4.96. The number of ether oxygens (including phenoxy) is 2. The van der Waals surface area contributed by atoms with Crippen LogP contribution >= 0.6 is 11.8 Å². The molecule has 1 aromatic rings. The molecule has 2 amide bonds. The summed E-state index contributed by atoms with van der Waals surface area (Å²) < 4.78 is 10.6. The van der Waals surface area contributed by atoms with Crippen LogP contribution in [0.5, 0.6) is 11.5 Å². The van der Waals surface area contributed by atoms with E-state index in [1.807, 2.05) is 25.1 Å². The summed E-state index contributed by atoms with van der Waals surface area (Å²) in [6.45, 7) is 4.57. The molecule has 3 heterocycles. The Hall–Kier alpha value is -2.76. The van der Waals surface area contributed by atoms with Crippen LogP contribution in [0.4, 0.5) is 0 Å².